The van der Waals surface area contributed by atoms with Crippen molar-refractivity contribution in [2.45, 2.75) is 96.8 Å². The summed E-state index contributed by atoms with van der Waals surface area (Å²) >= 11 is 0. The molecule has 0 aromatic rings. The fraction of sp³-hybridized carbons (Fsp3) is 1.00. The number of unbranched alkanes of at least 4 members (excludes halogenated alkanes) is 10. The van der Waals surface area contributed by atoms with Gasteiger partial charge >= 0.3 is 0 Å². The molecule has 19 heavy (non-hydrogen) atoms. The van der Waals surface area contributed by atoms with Crippen LogP contribution in [0.3, 0.4) is 0 Å². The molecule has 0 spiro atoms. The van der Waals surface area contributed by atoms with Crippen molar-refractivity contribution >= 4 is 0 Å². The van der Waals surface area contributed by atoms with E-state index in [0.717, 1.165) is 0 Å². The van der Waals surface area contributed by atoms with E-state index in [1.54, 1.807) is 0 Å². The largest absolute Gasteiger partial charge is 0.303 e. The Kier molecular flexibility index (Phi) is 11.6. The molecule has 1 aliphatic rings. The Hall–Kier alpha value is -0.0400. The summed E-state index contributed by atoms with van der Waals surface area (Å²) in [5.74, 6) is 0. The van der Waals surface area contributed by atoms with Gasteiger partial charge < -0.3 is 4.90 Å². The van der Waals surface area contributed by atoms with Gasteiger partial charge in [-0.2, -0.15) is 0 Å². The van der Waals surface area contributed by atoms with Crippen LogP contribution in [0.1, 0.15) is 96.8 Å². The molecule has 0 aromatic heterocycles. The first-order chi connectivity index (χ1) is 9.43. The van der Waals surface area contributed by atoms with Crippen LogP contribution in [0.2, 0.25) is 0 Å². The highest BCUT2D eigenvalue weighted by molar-refractivity contribution is 4.64. The summed E-state index contributed by atoms with van der Waals surface area (Å²) in [5.41, 5.74) is 0. The molecular weight excluding hydrogens is 230 g/mol. The Labute approximate surface area is 122 Å². The molecule has 1 saturated heterocycles. The third kappa shape index (κ3) is 10.4. The van der Waals surface area contributed by atoms with Gasteiger partial charge in [-0.25, -0.2) is 0 Å². The van der Waals surface area contributed by atoms with E-state index in [-0.39, 0.29) is 0 Å². The lowest BCUT2D eigenvalue weighted by atomic mass is 10.1. The van der Waals surface area contributed by atoms with Gasteiger partial charge in [0.2, 0.25) is 0 Å². The van der Waals surface area contributed by atoms with Gasteiger partial charge in [0, 0.05) is 0 Å². The van der Waals surface area contributed by atoms with E-state index in [9.17, 15) is 0 Å². The first kappa shape index (κ1) is 17.0. The van der Waals surface area contributed by atoms with Crippen molar-refractivity contribution in [1.29, 1.82) is 0 Å². The number of hydrogen-bond donors (Lipinski definition) is 0. The minimum atomic E-state index is 1.37. The fourth-order valence-corrected chi connectivity index (χ4v) is 3.18. The smallest absolute Gasteiger partial charge is 0.00187 e. The lowest BCUT2D eigenvalue weighted by molar-refractivity contribution is 0.224. The average Bonchev–Trinajstić information content (AvgIpc) is 2.46. The van der Waals surface area contributed by atoms with Crippen molar-refractivity contribution in [3.63, 3.8) is 0 Å². The molecule has 0 aliphatic carbocycles. The van der Waals surface area contributed by atoms with E-state index in [1.807, 2.05) is 0 Å². The zero-order chi connectivity index (χ0) is 13.6. The summed E-state index contributed by atoms with van der Waals surface area (Å²) in [6.45, 7) is 6.41. The summed E-state index contributed by atoms with van der Waals surface area (Å²) in [6, 6.07) is 0. The molecule has 1 rings (SSSR count). The van der Waals surface area contributed by atoms with Crippen LogP contribution in [-0.2, 0) is 0 Å². The highest BCUT2D eigenvalue weighted by atomic mass is 15.1. The molecule has 1 heterocycles. The summed E-state index contributed by atoms with van der Waals surface area (Å²) < 4.78 is 0. The van der Waals surface area contributed by atoms with Crippen LogP contribution in [0, 0.1) is 0 Å². The van der Waals surface area contributed by atoms with Crippen LogP contribution in [0.5, 0.6) is 0 Å². The van der Waals surface area contributed by atoms with Crippen molar-refractivity contribution < 1.29 is 0 Å². The molecule has 0 aromatic carbocycles. The molecule has 1 nitrogen and oxygen atoms in total. The van der Waals surface area contributed by atoms with Crippen LogP contribution in [0.25, 0.3) is 0 Å². The minimum Gasteiger partial charge on any atom is -0.303 e. The molecule has 114 valence electrons. The second-order valence-electron chi connectivity index (χ2n) is 6.44. The molecule has 0 radical (unpaired) electrons. The van der Waals surface area contributed by atoms with Gasteiger partial charge in [-0.15, -0.1) is 0 Å². The zero-order valence-electron chi connectivity index (χ0n) is 13.5. The Morgan fingerprint density at radius 2 is 1.05 bits per heavy atom. The van der Waals surface area contributed by atoms with E-state index in [2.05, 4.69) is 11.8 Å². The lowest BCUT2D eigenvalue weighted by Gasteiger charge is -2.26. The Bertz CT molecular complexity index is 173. The Morgan fingerprint density at radius 1 is 0.579 bits per heavy atom. The van der Waals surface area contributed by atoms with Crippen LogP contribution in [0.15, 0.2) is 0 Å². The van der Waals surface area contributed by atoms with E-state index in [0.29, 0.717) is 0 Å². The zero-order valence-corrected chi connectivity index (χ0v) is 13.5. The molecule has 0 bridgehead atoms. The molecule has 1 aliphatic heterocycles. The molecule has 0 atom stereocenters. The van der Waals surface area contributed by atoms with Crippen molar-refractivity contribution in [1.82, 2.24) is 4.90 Å². The van der Waals surface area contributed by atoms with Crippen LogP contribution in [-0.4, -0.2) is 24.5 Å². The fourth-order valence-electron chi connectivity index (χ4n) is 3.18. The van der Waals surface area contributed by atoms with E-state index in [1.165, 1.54) is 110 Å². The third-order valence-corrected chi connectivity index (χ3v) is 4.53. The van der Waals surface area contributed by atoms with E-state index < -0.39 is 0 Å². The van der Waals surface area contributed by atoms with Crippen molar-refractivity contribution in [2.24, 2.45) is 0 Å². The van der Waals surface area contributed by atoms with Crippen LogP contribution in [0.4, 0.5) is 0 Å². The third-order valence-electron chi connectivity index (χ3n) is 4.53. The predicted molar refractivity (Wildman–Crippen MR) is 86.8 cm³/mol. The second kappa shape index (κ2) is 13.0. The van der Waals surface area contributed by atoms with Crippen LogP contribution >= 0.6 is 0 Å². The molecule has 0 N–H and O–H groups in total. The Morgan fingerprint density at radius 3 is 1.58 bits per heavy atom. The topological polar surface area (TPSA) is 3.24 Å². The molecular formula is C18H37N. The summed E-state index contributed by atoms with van der Waals surface area (Å²) in [7, 11) is 0. The maximum Gasteiger partial charge on any atom is -0.00187 e. The number of rotatable bonds is 12. The predicted octanol–water partition coefficient (Wildman–Crippen LogP) is 5.78. The molecule has 1 heteroatoms. The van der Waals surface area contributed by atoms with E-state index in [4.69, 9.17) is 0 Å². The number of piperidine rings is 1. The first-order valence-corrected chi connectivity index (χ1v) is 9.16. The summed E-state index contributed by atoms with van der Waals surface area (Å²) in [5, 5.41) is 0. The minimum absolute atomic E-state index is 1.37. The normalized spacial score (nSPS) is 16.9. The number of likely N-dealkylation sites (tertiary alicyclic amines) is 1. The van der Waals surface area contributed by atoms with E-state index >= 15 is 0 Å². The second-order valence-corrected chi connectivity index (χ2v) is 6.44. The van der Waals surface area contributed by atoms with Gasteiger partial charge in [-0.05, 0) is 38.9 Å². The highest BCUT2D eigenvalue weighted by Gasteiger charge is 2.08. The first-order valence-electron chi connectivity index (χ1n) is 9.16. The lowest BCUT2D eigenvalue weighted by Crippen LogP contribution is -2.30. The average molecular weight is 268 g/mol. The highest BCUT2D eigenvalue weighted by Crippen LogP contribution is 2.13. The summed E-state index contributed by atoms with van der Waals surface area (Å²) in [4.78, 5) is 2.68. The summed E-state index contributed by atoms with van der Waals surface area (Å²) in [6.07, 6.45) is 20.4. The van der Waals surface area contributed by atoms with Gasteiger partial charge in [-0.3, -0.25) is 0 Å². The Balaban J connectivity index is 1.71. The molecule has 0 saturated carbocycles. The van der Waals surface area contributed by atoms with Gasteiger partial charge in [0.05, 0.1) is 0 Å². The SMILES string of the molecule is CCCCCCCCCCCCCN1CCCCC1. The van der Waals surface area contributed by atoms with Gasteiger partial charge in [-0.1, -0.05) is 77.6 Å². The van der Waals surface area contributed by atoms with Gasteiger partial charge in [0.1, 0.15) is 0 Å². The van der Waals surface area contributed by atoms with Crippen molar-refractivity contribution in [3.05, 3.63) is 0 Å². The molecule has 1 fully saturated rings. The molecule has 0 amide bonds. The molecule has 0 unspecified atom stereocenters. The monoisotopic (exact) mass is 267 g/mol. The maximum absolute atomic E-state index is 2.68. The number of hydrogen-bond acceptors (Lipinski definition) is 1. The van der Waals surface area contributed by atoms with Crippen molar-refractivity contribution in [2.75, 3.05) is 19.6 Å². The number of nitrogens with zero attached hydrogens (tertiary/aromatic N) is 1. The van der Waals surface area contributed by atoms with Crippen LogP contribution < -0.4 is 0 Å². The van der Waals surface area contributed by atoms with Gasteiger partial charge in [0.15, 0.2) is 0 Å². The quantitative estimate of drug-likeness (QED) is 0.405. The van der Waals surface area contributed by atoms with Gasteiger partial charge in [0.25, 0.3) is 0 Å². The standard InChI is InChI=1S/C18H37N/c1-2-3-4-5-6-7-8-9-10-11-13-16-19-17-14-12-15-18-19/h2-18H2,1H3. The maximum atomic E-state index is 2.68. The van der Waals surface area contributed by atoms with Crippen molar-refractivity contribution in [3.8, 4) is 0 Å².